The minimum absolute atomic E-state index is 0.0179. The summed E-state index contributed by atoms with van der Waals surface area (Å²) in [5, 5.41) is 7.48. The van der Waals surface area contributed by atoms with Gasteiger partial charge in [-0.05, 0) is 31.9 Å². The molecule has 2 aromatic heterocycles. The SMILES string of the molecule is Cc1nc(-c2ccccc2)n(CN2CCC(C(=O)Nc3ccccn3)CC2)n1. The summed E-state index contributed by atoms with van der Waals surface area (Å²) < 4.78 is 1.96. The minimum atomic E-state index is 0.0179. The van der Waals surface area contributed by atoms with Crippen LogP contribution in [0.2, 0.25) is 0 Å². The summed E-state index contributed by atoms with van der Waals surface area (Å²) in [5.41, 5.74) is 1.06. The van der Waals surface area contributed by atoms with Crippen LogP contribution in [0.3, 0.4) is 0 Å². The average molecular weight is 376 g/mol. The molecule has 1 saturated heterocycles. The third-order valence-electron chi connectivity index (χ3n) is 5.02. The molecule has 1 fully saturated rings. The lowest BCUT2D eigenvalue weighted by molar-refractivity contribution is -0.121. The Labute approximate surface area is 164 Å². The maximum Gasteiger partial charge on any atom is 0.228 e. The average Bonchev–Trinajstić information content (AvgIpc) is 3.10. The van der Waals surface area contributed by atoms with Gasteiger partial charge in [-0.3, -0.25) is 9.69 Å². The van der Waals surface area contributed by atoms with E-state index in [2.05, 4.69) is 25.3 Å². The number of rotatable bonds is 5. The maximum absolute atomic E-state index is 12.5. The van der Waals surface area contributed by atoms with Crippen molar-refractivity contribution in [3.63, 3.8) is 0 Å². The maximum atomic E-state index is 12.5. The Hall–Kier alpha value is -3.06. The number of carbonyl (C=O) groups excluding carboxylic acids is 1. The highest BCUT2D eigenvalue weighted by Gasteiger charge is 2.26. The Morgan fingerprint density at radius 1 is 1.11 bits per heavy atom. The summed E-state index contributed by atoms with van der Waals surface area (Å²) in [7, 11) is 0. The number of aromatic nitrogens is 4. The summed E-state index contributed by atoms with van der Waals surface area (Å²) in [6, 6.07) is 15.6. The van der Waals surface area contributed by atoms with E-state index in [0.717, 1.165) is 43.1 Å². The first-order chi connectivity index (χ1) is 13.7. The highest BCUT2D eigenvalue weighted by Crippen LogP contribution is 2.22. The van der Waals surface area contributed by atoms with Gasteiger partial charge in [-0.15, -0.1) is 0 Å². The molecule has 0 bridgehead atoms. The number of anilines is 1. The van der Waals surface area contributed by atoms with E-state index in [4.69, 9.17) is 0 Å². The van der Waals surface area contributed by atoms with Crippen LogP contribution in [0.15, 0.2) is 54.7 Å². The van der Waals surface area contributed by atoms with Crippen molar-refractivity contribution in [1.82, 2.24) is 24.6 Å². The van der Waals surface area contributed by atoms with Crippen molar-refractivity contribution in [3.05, 3.63) is 60.6 Å². The van der Waals surface area contributed by atoms with Gasteiger partial charge >= 0.3 is 0 Å². The Bertz CT molecular complexity index is 917. The lowest BCUT2D eigenvalue weighted by Gasteiger charge is -2.31. The number of hydrogen-bond donors (Lipinski definition) is 1. The van der Waals surface area contributed by atoms with E-state index in [0.29, 0.717) is 12.5 Å². The molecule has 1 aliphatic heterocycles. The van der Waals surface area contributed by atoms with Crippen molar-refractivity contribution in [1.29, 1.82) is 0 Å². The fourth-order valence-electron chi connectivity index (χ4n) is 3.55. The summed E-state index contributed by atoms with van der Waals surface area (Å²) in [6.45, 7) is 4.30. The fraction of sp³-hybridized carbons (Fsp3) is 0.333. The molecule has 0 unspecified atom stereocenters. The number of piperidine rings is 1. The van der Waals surface area contributed by atoms with E-state index in [-0.39, 0.29) is 11.8 Å². The molecule has 144 valence electrons. The number of benzene rings is 1. The molecule has 3 aromatic rings. The first-order valence-corrected chi connectivity index (χ1v) is 9.60. The molecule has 1 N–H and O–H groups in total. The molecular formula is C21H24N6O. The van der Waals surface area contributed by atoms with Crippen LogP contribution in [-0.2, 0) is 11.5 Å². The Morgan fingerprint density at radius 3 is 2.57 bits per heavy atom. The van der Waals surface area contributed by atoms with Gasteiger partial charge in [0.1, 0.15) is 11.6 Å². The number of likely N-dealkylation sites (tertiary alicyclic amines) is 1. The van der Waals surface area contributed by atoms with E-state index in [9.17, 15) is 4.79 Å². The molecule has 0 aliphatic carbocycles. The highest BCUT2D eigenvalue weighted by molar-refractivity contribution is 5.91. The van der Waals surface area contributed by atoms with Gasteiger partial charge in [-0.1, -0.05) is 36.4 Å². The number of pyridine rings is 1. The van der Waals surface area contributed by atoms with Crippen LogP contribution in [0.5, 0.6) is 0 Å². The van der Waals surface area contributed by atoms with Crippen LogP contribution in [-0.4, -0.2) is 43.6 Å². The fourth-order valence-corrected chi connectivity index (χ4v) is 3.55. The van der Waals surface area contributed by atoms with Crippen LogP contribution in [0.1, 0.15) is 18.7 Å². The van der Waals surface area contributed by atoms with Gasteiger partial charge < -0.3 is 5.32 Å². The molecule has 7 heteroatoms. The molecule has 1 aliphatic rings. The highest BCUT2D eigenvalue weighted by atomic mass is 16.1. The molecule has 1 amide bonds. The first-order valence-electron chi connectivity index (χ1n) is 9.60. The van der Waals surface area contributed by atoms with Gasteiger partial charge in [-0.25, -0.2) is 14.6 Å². The smallest absolute Gasteiger partial charge is 0.228 e. The molecule has 4 rings (SSSR count). The molecule has 7 nitrogen and oxygen atoms in total. The zero-order valence-electron chi connectivity index (χ0n) is 16.0. The standard InChI is InChI=1S/C21H24N6O/c1-16-23-20(17-7-3-2-4-8-17)27(25-16)15-26-13-10-18(11-14-26)21(28)24-19-9-5-6-12-22-19/h2-9,12,18H,10-11,13-15H2,1H3,(H,22,24,28). The van der Waals surface area contributed by atoms with Crippen molar-refractivity contribution in [3.8, 4) is 11.4 Å². The van der Waals surface area contributed by atoms with E-state index in [1.54, 1.807) is 6.20 Å². The zero-order chi connectivity index (χ0) is 19.3. The molecule has 0 atom stereocenters. The summed E-state index contributed by atoms with van der Waals surface area (Å²) in [4.78, 5) is 23.6. The monoisotopic (exact) mass is 376 g/mol. The number of amides is 1. The molecule has 28 heavy (non-hydrogen) atoms. The van der Waals surface area contributed by atoms with Crippen molar-refractivity contribution in [2.45, 2.75) is 26.4 Å². The lowest BCUT2D eigenvalue weighted by Crippen LogP contribution is -2.39. The summed E-state index contributed by atoms with van der Waals surface area (Å²) in [5.74, 6) is 2.33. The number of aryl methyl sites for hydroxylation is 1. The molecule has 0 spiro atoms. The number of carbonyl (C=O) groups is 1. The second-order valence-electron chi connectivity index (χ2n) is 7.09. The third-order valence-corrected chi connectivity index (χ3v) is 5.02. The molecule has 3 heterocycles. The molecular weight excluding hydrogens is 352 g/mol. The second kappa shape index (κ2) is 8.31. The van der Waals surface area contributed by atoms with Gasteiger partial charge in [0.15, 0.2) is 5.82 Å². The van der Waals surface area contributed by atoms with Crippen LogP contribution < -0.4 is 5.32 Å². The van der Waals surface area contributed by atoms with Gasteiger partial charge in [-0.2, -0.15) is 5.10 Å². The van der Waals surface area contributed by atoms with Crippen LogP contribution in [0.25, 0.3) is 11.4 Å². The predicted molar refractivity (Wildman–Crippen MR) is 107 cm³/mol. The molecule has 0 saturated carbocycles. The number of nitrogens with one attached hydrogen (secondary N) is 1. The van der Waals surface area contributed by atoms with E-state index in [1.807, 2.05) is 60.1 Å². The van der Waals surface area contributed by atoms with Crippen molar-refractivity contribution >= 4 is 11.7 Å². The zero-order valence-corrected chi connectivity index (χ0v) is 16.0. The van der Waals surface area contributed by atoms with Gasteiger partial charge in [0.25, 0.3) is 0 Å². The lowest BCUT2D eigenvalue weighted by atomic mass is 9.96. The van der Waals surface area contributed by atoms with Crippen LogP contribution in [0, 0.1) is 12.8 Å². The quantitative estimate of drug-likeness (QED) is 0.741. The van der Waals surface area contributed by atoms with E-state index < -0.39 is 0 Å². The Morgan fingerprint density at radius 2 is 1.86 bits per heavy atom. The second-order valence-corrected chi connectivity index (χ2v) is 7.09. The minimum Gasteiger partial charge on any atom is -0.310 e. The molecule has 1 aromatic carbocycles. The van der Waals surface area contributed by atoms with Crippen molar-refractivity contribution < 1.29 is 4.79 Å². The van der Waals surface area contributed by atoms with E-state index >= 15 is 0 Å². The number of nitrogens with zero attached hydrogens (tertiary/aromatic N) is 5. The Kier molecular flexibility index (Phi) is 5.43. The topological polar surface area (TPSA) is 75.9 Å². The Balaban J connectivity index is 1.36. The predicted octanol–water partition coefficient (Wildman–Crippen LogP) is 2.96. The normalized spacial score (nSPS) is 15.5. The van der Waals surface area contributed by atoms with Crippen LogP contribution in [0.4, 0.5) is 5.82 Å². The number of hydrogen-bond acceptors (Lipinski definition) is 5. The third kappa shape index (κ3) is 4.26. The van der Waals surface area contributed by atoms with Crippen molar-refractivity contribution in [2.75, 3.05) is 18.4 Å². The largest absolute Gasteiger partial charge is 0.310 e. The van der Waals surface area contributed by atoms with E-state index in [1.165, 1.54) is 0 Å². The molecule has 0 radical (unpaired) electrons. The first kappa shape index (κ1) is 18.3. The summed E-state index contributed by atoms with van der Waals surface area (Å²) >= 11 is 0. The van der Waals surface area contributed by atoms with Gasteiger partial charge in [0, 0.05) is 30.8 Å². The van der Waals surface area contributed by atoms with Gasteiger partial charge in [0.05, 0.1) is 6.67 Å². The summed E-state index contributed by atoms with van der Waals surface area (Å²) in [6.07, 6.45) is 3.34. The van der Waals surface area contributed by atoms with Gasteiger partial charge in [0.2, 0.25) is 5.91 Å². The van der Waals surface area contributed by atoms with Crippen molar-refractivity contribution in [2.24, 2.45) is 5.92 Å². The van der Waals surface area contributed by atoms with Crippen LogP contribution >= 0.6 is 0 Å².